The third-order valence-electron chi connectivity index (χ3n) is 4.38. The average molecular weight is 404 g/mol. The zero-order valence-electron chi connectivity index (χ0n) is 14.1. The van der Waals surface area contributed by atoms with Crippen LogP contribution in [0.15, 0.2) is 18.2 Å². The van der Waals surface area contributed by atoms with E-state index in [1.54, 1.807) is 16.8 Å². The molecule has 0 unspecified atom stereocenters. The molecule has 1 aromatic heterocycles. The molecule has 5 nitrogen and oxygen atoms in total. The number of hydrogen-bond acceptors (Lipinski definition) is 3. The number of nitrogens with zero attached hydrogens (tertiary/aromatic N) is 2. The summed E-state index contributed by atoms with van der Waals surface area (Å²) < 4.78 is 1.80. The normalized spacial score (nSPS) is 13.9. The van der Waals surface area contributed by atoms with Gasteiger partial charge in [-0.25, -0.2) is 4.68 Å². The van der Waals surface area contributed by atoms with Crippen molar-refractivity contribution in [3.8, 4) is 5.69 Å². The van der Waals surface area contributed by atoms with Crippen LogP contribution in [-0.4, -0.2) is 35.3 Å². The minimum Gasteiger partial charge on any atom is -0.355 e. The van der Waals surface area contributed by atoms with E-state index in [1.807, 2.05) is 19.9 Å². The van der Waals surface area contributed by atoms with Gasteiger partial charge in [0.15, 0.2) is 0 Å². The van der Waals surface area contributed by atoms with Crippen LogP contribution >= 0.6 is 35.6 Å². The van der Waals surface area contributed by atoms with E-state index in [4.69, 9.17) is 23.2 Å². The smallest absolute Gasteiger partial charge is 0.224 e. The summed E-state index contributed by atoms with van der Waals surface area (Å²) in [6, 6.07) is 5.38. The zero-order chi connectivity index (χ0) is 17.3. The number of nitrogens with one attached hydrogen (secondary N) is 2. The van der Waals surface area contributed by atoms with Gasteiger partial charge in [0.1, 0.15) is 0 Å². The van der Waals surface area contributed by atoms with Crippen molar-refractivity contribution < 1.29 is 4.79 Å². The van der Waals surface area contributed by atoms with E-state index in [2.05, 4.69) is 15.7 Å². The largest absolute Gasteiger partial charge is 0.355 e. The molecule has 1 aliphatic rings. The van der Waals surface area contributed by atoms with Crippen LogP contribution in [-0.2, 0) is 11.2 Å². The van der Waals surface area contributed by atoms with Crippen molar-refractivity contribution in [1.82, 2.24) is 20.4 Å². The number of benzene rings is 1. The first kappa shape index (κ1) is 20.0. The highest BCUT2D eigenvalue weighted by Gasteiger charge is 2.19. The van der Waals surface area contributed by atoms with Crippen molar-refractivity contribution >= 4 is 41.5 Å². The summed E-state index contributed by atoms with van der Waals surface area (Å²) in [5.74, 6) is 0.580. The SMILES string of the molecule is Cc1nn(-c2ccc(Cl)c(Cl)c2)c(C)c1CC(=O)NCC1CNC1.Cl. The molecule has 0 atom stereocenters. The van der Waals surface area contributed by atoms with Crippen molar-refractivity contribution in [2.24, 2.45) is 5.92 Å². The fourth-order valence-corrected chi connectivity index (χ4v) is 3.07. The van der Waals surface area contributed by atoms with Crippen LogP contribution in [0.3, 0.4) is 0 Å². The highest BCUT2D eigenvalue weighted by molar-refractivity contribution is 6.42. The number of aryl methyl sites for hydroxylation is 1. The van der Waals surface area contributed by atoms with Crippen LogP contribution in [0, 0.1) is 19.8 Å². The molecule has 0 radical (unpaired) electrons. The van der Waals surface area contributed by atoms with Gasteiger partial charge >= 0.3 is 0 Å². The number of carbonyl (C=O) groups excluding carboxylic acids is 1. The van der Waals surface area contributed by atoms with Gasteiger partial charge in [-0.15, -0.1) is 12.4 Å². The Morgan fingerprint density at radius 1 is 1.32 bits per heavy atom. The van der Waals surface area contributed by atoms with Crippen molar-refractivity contribution in [3.63, 3.8) is 0 Å². The van der Waals surface area contributed by atoms with Crippen LogP contribution in [0.4, 0.5) is 0 Å². The Kier molecular flexibility index (Phi) is 6.74. The number of aromatic nitrogens is 2. The fraction of sp³-hybridized carbons (Fsp3) is 0.412. The molecule has 0 spiro atoms. The molecule has 0 bridgehead atoms. The zero-order valence-corrected chi connectivity index (χ0v) is 16.4. The van der Waals surface area contributed by atoms with E-state index in [9.17, 15) is 4.79 Å². The lowest BCUT2D eigenvalue weighted by atomic mass is 10.0. The van der Waals surface area contributed by atoms with E-state index in [1.165, 1.54) is 0 Å². The number of halogens is 3. The lowest BCUT2D eigenvalue weighted by Crippen LogP contribution is -2.48. The molecular weight excluding hydrogens is 383 g/mol. The molecule has 1 amide bonds. The topological polar surface area (TPSA) is 59.0 Å². The van der Waals surface area contributed by atoms with E-state index >= 15 is 0 Å². The van der Waals surface area contributed by atoms with Crippen LogP contribution in [0.1, 0.15) is 17.0 Å². The van der Waals surface area contributed by atoms with Gasteiger partial charge < -0.3 is 10.6 Å². The molecule has 25 heavy (non-hydrogen) atoms. The minimum atomic E-state index is 0. The Balaban J connectivity index is 0.00000225. The highest BCUT2D eigenvalue weighted by Crippen LogP contribution is 2.26. The van der Waals surface area contributed by atoms with E-state index in [-0.39, 0.29) is 18.3 Å². The second kappa shape index (κ2) is 8.41. The Morgan fingerprint density at radius 3 is 2.64 bits per heavy atom. The molecule has 2 heterocycles. The molecule has 1 aliphatic heterocycles. The molecule has 8 heteroatoms. The summed E-state index contributed by atoms with van der Waals surface area (Å²) in [6.45, 7) is 6.56. The summed E-state index contributed by atoms with van der Waals surface area (Å²) >= 11 is 12.1. The Bertz CT molecular complexity index is 771. The predicted molar refractivity (Wildman–Crippen MR) is 103 cm³/mol. The Labute approximate surface area is 163 Å². The molecule has 3 rings (SSSR count). The molecule has 2 N–H and O–H groups in total. The highest BCUT2D eigenvalue weighted by atomic mass is 35.5. The maximum atomic E-state index is 12.2. The maximum absolute atomic E-state index is 12.2. The molecule has 2 aromatic rings. The molecule has 0 aliphatic carbocycles. The average Bonchev–Trinajstić information content (AvgIpc) is 2.77. The van der Waals surface area contributed by atoms with Gasteiger partial charge in [0, 0.05) is 36.8 Å². The molecule has 136 valence electrons. The third kappa shape index (κ3) is 4.47. The van der Waals surface area contributed by atoms with Gasteiger partial charge in [0.05, 0.1) is 27.8 Å². The van der Waals surface area contributed by atoms with Crippen molar-refractivity contribution in [1.29, 1.82) is 0 Å². The standard InChI is InChI=1S/C17H20Cl2N4O.ClH/c1-10-14(6-17(24)21-9-12-7-20-8-12)11(2)23(22-10)13-3-4-15(18)16(19)5-13;/h3-5,12,20H,6-9H2,1-2H3,(H,21,24);1H. The predicted octanol–water partition coefficient (Wildman–Crippen LogP) is 3.10. The van der Waals surface area contributed by atoms with Crippen molar-refractivity contribution in [2.75, 3.05) is 19.6 Å². The number of rotatable bonds is 5. The first-order valence-electron chi connectivity index (χ1n) is 7.93. The molecule has 1 aromatic carbocycles. The Morgan fingerprint density at radius 2 is 2.04 bits per heavy atom. The molecule has 1 saturated heterocycles. The van der Waals surface area contributed by atoms with Crippen molar-refractivity contribution in [2.45, 2.75) is 20.3 Å². The van der Waals surface area contributed by atoms with Gasteiger partial charge in [0.25, 0.3) is 0 Å². The molecule has 1 fully saturated rings. The van der Waals surface area contributed by atoms with E-state index in [0.29, 0.717) is 22.4 Å². The summed E-state index contributed by atoms with van der Waals surface area (Å²) in [5.41, 5.74) is 3.56. The van der Waals surface area contributed by atoms with Gasteiger partial charge in [0.2, 0.25) is 5.91 Å². The lowest BCUT2D eigenvalue weighted by molar-refractivity contribution is -0.120. The quantitative estimate of drug-likeness (QED) is 0.806. The first-order valence-corrected chi connectivity index (χ1v) is 8.69. The van der Waals surface area contributed by atoms with E-state index < -0.39 is 0 Å². The number of amides is 1. The molecule has 0 saturated carbocycles. The molecular formula is C17H21Cl3N4O. The fourth-order valence-electron chi connectivity index (χ4n) is 2.77. The summed E-state index contributed by atoms with van der Waals surface area (Å²) in [5, 5.41) is 11.7. The third-order valence-corrected chi connectivity index (χ3v) is 5.12. The van der Waals surface area contributed by atoms with Crippen molar-refractivity contribution in [3.05, 3.63) is 45.2 Å². The monoisotopic (exact) mass is 402 g/mol. The van der Waals surface area contributed by atoms with Gasteiger partial charge in [-0.2, -0.15) is 5.10 Å². The lowest BCUT2D eigenvalue weighted by Gasteiger charge is -2.27. The summed E-state index contributed by atoms with van der Waals surface area (Å²) in [6.07, 6.45) is 0.332. The van der Waals surface area contributed by atoms with Gasteiger partial charge in [-0.3, -0.25) is 4.79 Å². The van der Waals surface area contributed by atoms with Crippen LogP contribution in [0.2, 0.25) is 10.0 Å². The maximum Gasteiger partial charge on any atom is 0.224 e. The second-order valence-corrected chi connectivity index (χ2v) is 6.98. The van der Waals surface area contributed by atoms with Gasteiger partial charge in [-0.05, 0) is 32.0 Å². The van der Waals surface area contributed by atoms with E-state index in [0.717, 1.165) is 42.3 Å². The summed E-state index contributed by atoms with van der Waals surface area (Å²) in [4.78, 5) is 12.2. The second-order valence-electron chi connectivity index (χ2n) is 6.16. The van der Waals surface area contributed by atoms with Crippen LogP contribution in [0.5, 0.6) is 0 Å². The van der Waals surface area contributed by atoms with Crippen LogP contribution < -0.4 is 10.6 Å². The Hall–Kier alpha value is -1.27. The van der Waals surface area contributed by atoms with Gasteiger partial charge in [-0.1, -0.05) is 23.2 Å². The van der Waals surface area contributed by atoms with Crippen LogP contribution in [0.25, 0.3) is 5.69 Å². The number of hydrogen-bond donors (Lipinski definition) is 2. The minimum absolute atomic E-state index is 0. The summed E-state index contributed by atoms with van der Waals surface area (Å²) in [7, 11) is 0. The first-order chi connectivity index (χ1) is 11.5. The number of carbonyl (C=O) groups is 1.